The Morgan fingerprint density at radius 1 is 0.816 bits per heavy atom. The van der Waals surface area contributed by atoms with E-state index in [1.165, 1.54) is 11.1 Å². The number of rotatable bonds is 4. The number of fused-ring (bicyclic) bond motifs is 3. The van der Waals surface area contributed by atoms with Crippen LogP contribution in [0.2, 0.25) is 0 Å². The Bertz CT molecular complexity index is 2690. The maximum Gasteiger partial charge on any atom is 2.00 e. The summed E-state index contributed by atoms with van der Waals surface area (Å²) in [6, 6.07) is 36.4. The molecule has 0 fully saturated rings. The molecule has 0 atom stereocenters. The van der Waals surface area contributed by atoms with E-state index in [1.54, 1.807) is 11.3 Å². The maximum atomic E-state index is 6.77. The van der Waals surface area contributed by atoms with Crippen LogP contribution in [-0.4, -0.2) is 14.5 Å². The van der Waals surface area contributed by atoms with Crippen LogP contribution in [0.3, 0.4) is 0 Å². The minimum absolute atomic E-state index is 0. The van der Waals surface area contributed by atoms with Crippen molar-refractivity contribution in [2.45, 2.75) is 52.4 Å². The summed E-state index contributed by atoms with van der Waals surface area (Å²) in [5.74, 6) is 1.10. The number of hydrogen-bond donors (Lipinski definition) is 0. The second-order valence-electron chi connectivity index (χ2n) is 14.6. The number of furan rings is 1. The van der Waals surface area contributed by atoms with E-state index < -0.39 is 0 Å². The summed E-state index contributed by atoms with van der Waals surface area (Å²) < 4.78 is 17.6. The zero-order valence-electron chi connectivity index (χ0n) is 28.0. The molecule has 0 radical (unpaired) electrons. The van der Waals surface area contributed by atoms with Crippen molar-refractivity contribution in [3.05, 3.63) is 114 Å². The van der Waals surface area contributed by atoms with E-state index in [-0.39, 0.29) is 31.9 Å². The molecule has 0 aliphatic carbocycles. The molecule has 0 unspecified atom stereocenters. The van der Waals surface area contributed by atoms with E-state index in [4.69, 9.17) is 19.1 Å². The molecular formula is C42H33N3O2PtS. The monoisotopic (exact) mass is 838 g/mol. The van der Waals surface area contributed by atoms with Crippen LogP contribution in [0.5, 0.6) is 11.6 Å². The smallest absolute Gasteiger partial charge is 0.500 e. The van der Waals surface area contributed by atoms with Gasteiger partial charge in [-0.25, -0.2) is 0 Å². The molecule has 0 bridgehead atoms. The van der Waals surface area contributed by atoms with Crippen LogP contribution in [0.1, 0.15) is 52.7 Å². The number of aromatic nitrogens is 3. The van der Waals surface area contributed by atoms with Gasteiger partial charge in [-0.1, -0.05) is 89.2 Å². The molecule has 49 heavy (non-hydrogen) atoms. The molecule has 9 aromatic rings. The second kappa shape index (κ2) is 11.3. The molecule has 0 saturated heterocycles. The quantitative estimate of drug-likeness (QED) is 0.166. The molecule has 0 N–H and O–H groups in total. The van der Waals surface area contributed by atoms with Gasteiger partial charge in [0.25, 0.3) is 0 Å². The van der Waals surface area contributed by atoms with Gasteiger partial charge in [0.05, 0.1) is 16.8 Å². The summed E-state index contributed by atoms with van der Waals surface area (Å²) >= 11 is 1.69. The Labute approximate surface area is 303 Å². The third-order valence-corrected chi connectivity index (χ3v) is 10.4. The van der Waals surface area contributed by atoms with Crippen LogP contribution >= 0.6 is 11.3 Å². The molecule has 0 amide bonds. The number of ether oxygens (including phenoxy) is 1. The van der Waals surface area contributed by atoms with Gasteiger partial charge in [-0.05, 0) is 62.5 Å². The predicted octanol–water partition coefficient (Wildman–Crippen LogP) is 11.8. The van der Waals surface area contributed by atoms with Crippen molar-refractivity contribution in [1.82, 2.24) is 14.5 Å². The van der Waals surface area contributed by atoms with E-state index in [0.29, 0.717) is 11.6 Å². The molecule has 5 heterocycles. The van der Waals surface area contributed by atoms with Crippen LogP contribution in [-0.2, 0) is 31.9 Å². The summed E-state index contributed by atoms with van der Waals surface area (Å²) in [4.78, 5) is 9.98. The first-order valence-electron chi connectivity index (χ1n) is 16.2. The van der Waals surface area contributed by atoms with Gasteiger partial charge < -0.3 is 18.7 Å². The standard InChI is InChI=1S/C42H33N3O2S.Pt/c1-41(2,3)24-11-9-12-26(21-24)45-31-14-8-7-13-27(31)28-17-18-35(44-40(28)45)46-33-23-29(30-22-25(19-20-43-30)42(4,5)6)38-37-36-32(47-38)15-10-16-34(36)48-39(33)37;/h7-11,13-22H,1-6H3;/q-2;+2. The normalized spacial score (nSPS) is 12.5. The molecule has 5 aromatic heterocycles. The molecule has 244 valence electrons. The molecule has 0 aliphatic rings. The van der Waals surface area contributed by atoms with E-state index in [2.05, 4.69) is 119 Å². The van der Waals surface area contributed by atoms with Gasteiger partial charge >= 0.3 is 21.1 Å². The van der Waals surface area contributed by atoms with Crippen molar-refractivity contribution in [3.63, 3.8) is 0 Å². The molecule has 4 aromatic carbocycles. The fourth-order valence-electron chi connectivity index (χ4n) is 6.71. The number of thiophene rings is 1. The van der Waals surface area contributed by atoms with Gasteiger partial charge in [0.2, 0.25) is 5.88 Å². The largest absolute Gasteiger partial charge is 2.00 e. The van der Waals surface area contributed by atoms with Crippen molar-refractivity contribution < 1.29 is 30.2 Å². The average molecular weight is 839 g/mol. The minimum atomic E-state index is -0.0391. The van der Waals surface area contributed by atoms with Crippen LogP contribution in [0.25, 0.3) is 70.2 Å². The summed E-state index contributed by atoms with van der Waals surface area (Å²) in [5, 5.41) is 4.34. The summed E-state index contributed by atoms with van der Waals surface area (Å²) in [5.41, 5.74) is 8.43. The summed E-state index contributed by atoms with van der Waals surface area (Å²) in [7, 11) is 0. The minimum Gasteiger partial charge on any atom is -0.500 e. The van der Waals surface area contributed by atoms with Gasteiger partial charge in [0, 0.05) is 33.1 Å². The van der Waals surface area contributed by atoms with Crippen LogP contribution in [0.15, 0.2) is 95.5 Å². The van der Waals surface area contributed by atoms with Crippen LogP contribution in [0.4, 0.5) is 0 Å². The summed E-state index contributed by atoms with van der Waals surface area (Å²) in [6.45, 7) is 13.3. The predicted molar refractivity (Wildman–Crippen MR) is 197 cm³/mol. The van der Waals surface area contributed by atoms with Gasteiger partial charge in [0.15, 0.2) is 0 Å². The van der Waals surface area contributed by atoms with Crippen molar-refractivity contribution in [3.8, 4) is 28.6 Å². The average Bonchev–Trinajstić information content (AvgIpc) is 3.75. The number of pyridine rings is 2. The Morgan fingerprint density at radius 2 is 1.61 bits per heavy atom. The topological polar surface area (TPSA) is 53.1 Å². The molecule has 9 rings (SSSR count). The van der Waals surface area contributed by atoms with E-state index in [1.807, 2.05) is 30.5 Å². The fraction of sp³-hybridized carbons (Fsp3) is 0.190. The third kappa shape index (κ3) is 5.07. The molecule has 0 saturated carbocycles. The number of para-hydroxylation sites is 1. The van der Waals surface area contributed by atoms with Gasteiger partial charge in [-0.15, -0.1) is 6.07 Å². The molecule has 7 heteroatoms. The fourth-order valence-corrected chi connectivity index (χ4v) is 7.86. The Hall–Kier alpha value is -4.51. The molecular weight excluding hydrogens is 806 g/mol. The number of hydrogen-bond acceptors (Lipinski definition) is 5. The summed E-state index contributed by atoms with van der Waals surface area (Å²) in [6.07, 6.45) is 1.87. The first-order valence-corrected chi connectivity index (χ1v) is 17.1. The SMILES string of the molecule is CC(C)(C)c1cc[c-]c(-n2c3ccccc3c3ccc(Oc4[c-]c(-c5cc(C(C)(C)C)ccn5)c5oc6cccc7sc4c5c67)nc32)c1.[Pt+2]. The number of benzene rings is 4. The zero-order chi connectivity index (χ0) is 32.9. The zero-order valence-corrected chi connectivity index (χ0v) is 31.1. The van der Waals surface area contributed by atoms with Crippen molar-refractivity contribution in [1.29, 1.82) is 0 Å². The number of nitrogens with zero attached hydrogens (tertiary/aromatic N) is 3. The molecule has 5 nitrogen and oxygen atoms in total. The Kier molecular flexibility index (Phi) is 7.30. The third-order valence-electron chi connectivity index (χ3n) is 9.27. The van der Waals surface area contributed by atoms with E-state index in [0.717, 1.165) is 70.2 Å². The van der Waals surface area contributed by atoms with Crippen LogP contribution in [0, 0.1) is 12.1 Å². The van der Waals surface area contributed by atoms with Crippen molar-refractivity contribution in [2.24, 2.45) is 0 Å². The second-order valence-corrected chi connectivity index (χ2v) is 15.6. The van der Waals surface area contributed by atoms with Gasteiger partial charge in [-0.3, -0.25) is 0 Å². The van der Waals surface area contributed by atoms with Crippen molar-refractivity contribution in [2.75, 3.05) is 0 Å². The Morgan fingerprint density at radius 3 is 2.43 bits per heavy atom. The molecule has 0 aliphatic heterocycles. The first-order chi connectivity index (χ1) is 23.0. The molecule has 0 spiro atoms. The van der Waals surface area contributed by atoms with Crippen LogP contribution < -0.4 is 4.74 Å². The van der Waals surface area contributed by atoms with Gasteiger partial charge in [0.1, 0.15) is 11.2 Å². The maximum absolute atomic E-state index is 6.77. The first kappa shape index (κ1) is 31.7. The van der Waals surface area contributed by atoms with E-state index in [9.17, 15) is 0 Å². The van der Waals surface area contributed by atoms with Crippen molar-refractivity contribution >= 4 is 64.6 Å². The van der Waals surface area contributed by atoms with Gasteiger partial charge in [-0.2, -0.15) is 40.1 Å². The Balaban J connectivity index is 0.00000348. The van der Waals surface area contributed by atoms with E-state index >= 15 is 0 Å².